The number of carbonyl (C=O) groups is 2. The number of rotatable bonds is 6. The summed E-state index contributed by atoms with van der Waals surface area (Å²) in [7, 11) is 0. The van der Waals surface area contributed by atoms with Crippen molar-refractivity contribution in [2.75, 3.05) is 13.1 Å². The zero-order valence-electron chi connectivity index (χ0n) is 16.5. The fourth-order valence-corrected chi connectivity index (χ4v) is 4.84. The third-order valence-corrected chi connectivity index (χ3v) is 6.67. The summed E-state index contributed by atoms with van der Waals surface area (Å²) in [4.78, 5) is 28.0. The molecule has 1 atom stereocenters. The molecular formula is C24H23FN2O2S. The molecule has 1 unspecified atom stereocenters. The molecule has 4 rings (SSSR count). The Morgan fingerprint density at radius 3 is 2.60 bits per heavy atom. The number of primary amides is 1. The highest BCUT2D eigenvalue weighted by atomic mass is 32.1. The van der Waals surface area contributed by atoms with E-state index < -0.39 is 5.41 Å². The lowest BCUT2D eigenvalue weighted by atomic mass is 9.80. The van der Waals surface area contributed by atoms with E-state index in [1.165, 1.54) is 17.0 Å². The third-order valence-electron chi connectivity index (χ3n) is 5.75. The molecule has 1 saturated heterocycles. The van der Waals surface area contributed by atoms with Crippen molar-refractivity contribution in [1.82, 2.24) is 4.90 Å². The number of hydrogen-bond donors (Lipinski definition) is 1. The number of halogens is 1. The zero-order chi connectivity index (χ0) is 21.1. The maximum atomic E-state index is 13.4. The largest absolute Gasteiger partial charge is 0.369 e. The zero-order valence-corrected chi connectivity index (χ0v) is 17.3. The number of nitrogens with zero attached hydrogens (tertiary/aromatic N) is 1. The molecule has 2 N–H and O–H groups in total. The molecule has 1 aromatic heterocycles. The van der Waals surface area contributed by atoms with Crippen LogP contribution < -0.4 is 5.73 Å². The van der Waals surface area contributed by atoms with Gasteiger partial charge in [-0.05, 0) is 53.1 Å². The van der Waals surface area contributed by atoms with Crippen LogP contribution >= 0.6 is 11.3 Å². The average molecular weight is 423 g/mol. The van der Waals surface area contributed by atoms with Gasteiger partial charge in [-0.1, -0.05) is 42.5 Å². The summed E-state index contributed by atoms with van der Waals surface area (Å²) in [6.07, 6.45) is 1.13. The lowest BCUT2D eigenvalue weighted by molar-refractivity contribution is -0.131. The van der Waals surface area contributed by atoms with Crippen LogP contribution in [-0.2, 0) is 22.4 Å². The Morgan fingerprint density at radius 1 is 1.07 bits per heavy atom. The maximum absolute atomic E-state index is 13.4. The Hall–Kier alpha value is -2.99. The van der Waals surface area contributed by atoms with E-state index in [0.29, 0.717) is 31.5 Å². The van der Waals surface area contributed by atoms with Crippen LogP contribution in [0.2, 0.25) is 0 Å². The van der Waals surface area contributed by atoms with Crippen molar-refractivity contribution in [3.8, 4) is 10.4 Å². The highest BCUT2D eigenvalue weighted by Gasteiger charge is 2.44. The number of carbonyl (C=O) groups excluding carboxylic acids is 2. The molecular weight excluding hydrogens is 399 g/mol. The Morgan fingerprint density at radius 2 is 1.87 bits per heavy atom. The van der Waals surface area contributed by atoms with Gasteiger partial charge in [-0.15, -0.1) is 11.3 Å². The molecule has 0 bridgehead atoms. The van der Waals surface area contributed by atoms with Crippen LogP contribution in [-0.4, -0.2) is 29.8 Å². The molecule has 2 heterocycles. The molecule has 1 aliphatic heterocycles. The minimum absolute atomic E-state index is 0.112. The minimum Gasteiger partial charge on any atom is -0.369 e. The summed E-state index contributed by atoms with van der Waals surface area (Å²) >= 11 is 1.67. The average Bonchev–Trinajstić information content (AvgIpc) is 3.39. The van der Waals surface area contributed by atoms with Gasteiger partial charge in [0.2, 0.25) is 11.8 Å². The van der Waals surface area contributed by atoms with Gasteiger partial charge in [-0.3, -0.25) is 9.59 Å². The van der Waals surface area contributed by atoms with Gasteiger partial charge in [0, 0.05) is 18.0 Å². The smallest absolute Gasteiger partial charge is 0.227 e. The SMILES string of the molecule is NC(=O)C1(Cc2cccc(-c3cccs3)c2)CCN(C(=O)Cc2cccc(F)c2)C1. The van der Waals surface area contributed by atoms with Crippen LogP contribution in [0.4, 0.5) is 4.39 Å². The molecule has 0 radical (unpaired) electrons. The van der Waals surface area contributed by atoms with Gasteiger partial charge in [-0.25, -0.2) is 4.39 Å². The van der Waals surface area contributed by atoms with E-state index in [0.717, 1.165) is 11.1 Å². The Bertz CT molecular complexity index is 1070. The summed E-state index contributed by atoms with van der Waals surface area (Å²) in [6, 6.07) is 18.2. The van der Waals surface area contributed by atoms with Crippen molar-refractivity contribution in [3.63, 3.8) is 0 Å². The van der Waals surface area contributed by atoms with Crippen molar-refractivity contribution in [2.45, 2.75) is 19.3 Å². The predicted molar refractivity (Wildman–Crippen MR) is 116 cm³/mol. The van der Waals surface area contributed by atoms with Crippen molar-refractivity contribution < 1.29 is 14.0 Å². The standard InChI is InChI=1S/C24H23FN2O2S/c25-20-7-2-4-17(13-20)14-22(28)27-10-9-24(16-27,23(26)29)15-18-5-1-6-19(12-18)21-8-3-11-30-21/h1-8,11-13H,9-10,14-16H2,(H2,26,29). The lowest BCUT2D eigenvalue weighted by Gasteiger charge is -2.26. The number of benzene rings is 2. The monoisotopic (exact) mass is 422 g/mol. The van der Waals surface area contributed by atoms with Gasteiger partial charge in [0.25, 0.3) is 0 Å². The summed E-state index contributed by atoms with van der Waals surface area (Å²) in [5, 5.41) is 2.03. The summed E-state index contributed by atoms with van der Waals surface area (Å²) < 4.78 is 13.4. The van der Waals surface area contributed by atoms with Gasteiger partial charge >= 0.3 is 0 Å². The topological polar surface area (TPSA) is 63.4 Å². The lowest BCUT2D eigenvalue weighted by Crippen LogP contribution is -2.42. The number of amides is 2. The second kappa shape index (κ2) is 8.40. The first-order valence-corrected chi connectivity index (χ1v) is 10.8. The van der Waals surface area contributed by atoms with Gasteiger partial charge < -0.3 is 10.6 Å². The van der Waals surface area contributed by atoms with Gasteiger partial charge in [0.05, 0.1) is 11.8 Å². The molecule has 0 spiro atoms. The van der Waals surface area contributed by atoms with Crippen LogP contribution in [0.3, 0.4) is 0 Å². The Labute approximate surface area is 179 Å². The predicted octanol–water partition coefficient (Wildman–Crippen LogP) is 4.04. The molecule has 4 nitrogen and oxygen atoms in total. The van der Waals surface area contributed by atoms with Gasteiger partial charge in [0.15, 0.2) is 0 Å². The third kappa shape index (κ3) is 4.28. The van der Waals surface area contributed by atoms with Crippen molar-refractivity contribution in [3.05, 3.63) is 83.0 Å². The van der Waals surface area contributed by atoms with E-state index in [1.807, 2.05) is 23.6 Å². The molecule has 0 aliphatic carbocycles. The van der Waals surface area contributed by atoms with E-state index in [2.05, 4.69) is 18.2 Å². The summed E-state index contributed by atoms with van der Waals surface area (Å²) in [6.45, 7) is 0.765. The number of hydrogen-bond acceptors (Lipinski definition) is 3. The first-order chi connectivity index (χ1) is 14.4. The van der Waals surface area contributed by atoms with Crippen LogP contribution in [0, 0.1) is 11.2 Å². The molecule has 3 aromatic rings. The molecule has 1 fully saturated rings. The molecule has 30 heavy (non-hydrogen) atoms. The first-order valence-electron chi connectivity index (χ1n) is 9.90. The number of nitrogens with two attached hydrogens (primary N) is 1. The van der Waals surface area contributed by atoms with Crippen molar-refractivity contribution in [2.24, 2.45) is 11.1 Å². The molecule has 2 aromatic carbocycles. The highest BCUT2D eigenvalue weighted by molar-refractivity contribution is 7.13. The minimum atomic E-state index is -0.786. The number of thiophene rings is 1. The van der Waals surface area contributed by atoms with Gasteiger partial charge in [0.1, 0.15) is 5.82 Å². The quantitative estimate of drug-likeness (QED) is 0.652. The summed E-state index contributed by atoms with van der Waals surface area (Å²) in [5.74, 6) is -0.861. The summed E-state index contributed by atoms with van der Waals surface area (Å²) in [5.41, 5.74) is 7.80. The first kappa shape index (κ1) is 20.3. The second-order valence-electron chi connectivity index (χ2n) is 7.87. The normalized spacial score (nSPS) is 18.5. The van der Waals surface area contributed by atoms with Crippen molar-refractivity contribution in [1.29, 1.82) is 0 Å². The van der Waals surface area contributed by atoms with Crippen LogP contribution in [0.25, 0.3) is 10.4 Å². The van der Waals surface area contributed by atoms with E-state index in [1.54, 1.807) is 28.4 Å². The molecule has 0 saturated carbocycles. The van der Waals surface area contributed by atoms with E-state index >= 15 is 0 Å². The number of likely N-dealkylation sites (tertiary alicyclic amines) is 1. The van der Waals surface area contributed by atoms with E-state index in [4.69, 9.17) is 5.73 Å². The van der Waals surface area contributed by atoms with Crippen LogP contribution in [0.1, 0.15) is 17.5 Å². The van der Waals surface area contributed by atoms with Crippen LogP contribution in [0.15, 0.2) is 66.0 Å². The Kier molecular flexibility index (Phi) is 5.68. The molecule has 1 aliphatic rings. The fraction of sp³-hybridized carbons (Fsp3) is 0.250. The van der Waals surface area contributed by atoms with Gasteiger partial charge in [-0.2, -0.15) is 0 Å². The van der Waals surface area contributed by atoms with E-state index in [-0.39, 0.29) is 24.1 Å². The second-order valence-corrected chi connectivity index (χ2v) is 8.82. The van der Waals surface area contributed by atoms with Crippen molar-refractivity contribution >= 4 is 23.2 Å². The molecule has 2 amide bonds. The fourth-order valence-electron chi connectivity index (χ4n) is 4.12. The molecule has 6 heteroatoms. The van der Waals surface area contributed by atoms with E-state index in [9.17, 15) is 14.0 Å². The maximum Gasteiger partial charge on any atom is 0.227 e. The highest BCUT2D eigenvalue weighted by Crippen LogP contribution is 2.36. The Balaban J connectivity index is 1.50. The van der Waals surface area contributed by atoms with Crippen LogP contribution in [0.5, 0.6) is 0 Å². The molecule has 154 valence electrons.